The SMILES string of the molecule is CC(C)c1ccc(CCNC(=O)CN(C)Cc2ccc(F)cc2)cc1. The number of likely N-dealkylation sites (N-methyl/N-ethyl adjacent to an activating group) is 1. The highest BCUT2D eigenvalue weighted by molar-refractivity contribution is 5.77. The normalized spacial score (nSPS) is 11.1. The van der Waals surface area contributed by atoms with E-state index in [0.29, 0.717) is 25.6 Å². The van der Waals surface area contributed by atoms with Crippen LogP contribution in [-0.2, 0) is 17.8 Å². The van der Waals surface area contributed by atoms with Crippen molar-refractivity contribution in [2.24, 2.45) is 0 Å². The van der Waals surface area contributed by atoms with Gasteiger partial charge in [-0.1, -0.05) is 50.2 Å². The average Bonchev–Trinajstić information content (AvgIpc) is 2.57. The Morgan fingerprint density at radius 1 is 1.04 bits per heavy atom. The van der Waals surface area contributed by atoms with Crippen molar-refractivity contribution >= 4 is 5.91 Å². The van der Waals surface area contributed by atoms with E-state index < -0.39 is 0 Å². The van der Waals surface area contributed by atoms with Crippen molar-refractivity contribution in [3.63, 3.8) is 0 Å². The van der Waals surface area contributed by atoms with Crippen molar-refractivity contribution in [2.45, 2.75) is 32.7 Å². The van der Waals surface area contributed by atoms with Crippen LogP contribution in [0.5, 0.6) is 0 Å². The minimum absolute atomic E-state index is 0.00316. The number of hydrogen-bond donors (Lipinski definition) is 1. The molecule has 0 saturated heterocycles. The van der Waals surface area contributed by atoms with Crippen LogP contribution in [0.2, 0.25) is 0 Å². The van der Waals surface area contributed by atoms with Gasteiger partial charge in [-0.3, -0.25) is 9.69 Å². The lowest BCUT2D eigenvalue weighted by Gasteiger charge is -2.16. The first-order chi connectivity index (χ1) is 11.9. The predicted octanol–water partition coefficient (Wildman–Crippen LogP) is 3.74. The number of amides is 1. The third kappa shape index (κ3) is 6.67. The fourth-order valence-electron chi connectivity index (χ4n) is 2.67. The van der Waals surface area contributed by atoms with Gasteiger partial charge in [0, 0.05) is 13.1 Å². The van der Waals surface area contributed by atoms with Crippen LogP contribution in [0.15, 0.2) is 48.5 Å². The van der Waals surface area contributed by atoms with E-state index in [4.69, 9.17) is 0 Å². The minimum atomic E-state index is -0.245. The Bertz CT molecular complexity index is 665. The molecule has 0 spiro atoms. The number of hydrogen-bond acceptors (Lipinski definition) is 2. The zero-order chi connectivity index (χ0) is 18.2. The van der Waals surface area contributed by atoms with Gasteiger partial charge < -0.3 is 5.32 Å². The van der Waals surface area contributed by atoms with E-state index in [1.807, 2.05) is 11.9 Å². The van der Waals surface area contributed by atoms with E-state index in [1.54, 1.807) is 12.1 Å². The van der Waals surface area contributed by atoms with Gasteiger partial charge in [-0.25, -0.2) is 4.39 Å². The summed E-state index contributed by atoms with van der Waals surface area (Å²) in [6.07, 6.45) is 0.825. The van der Waals surface area contributed by atoms with Gasteiger partial charge >= 0.3 is 0 Å². The summed E-state index contributed by atoms with van der Waals surface area (Å²) < 4.78 is 12.9. The summed E-state index contributed by atoms with van der Waals surface area (Å²) in [5.41, 5.74) is 3.54. The average molecular weight is 342 g/mol. The Hall–Kier alpha value is -2.20. The second-order valence-corrected chi connectivity index (χ2v) is 6.79. The van der Waals surface area contributed by atoms with Gasteiger partial charge in [-0.15, -0.1) is 0 Å². The highest BCUT2D eigenvalue weighted by Gasteiger charge is 2.07. The number of benzene rings is 2. The van der Waals surface area contributed by atoms with Crippen molar-refractivity contribution in [3.05, 3.63) is 71.0 Å². The third-order valence-electron chi connectivity index (χ3n) is 4.16. The zero-order valence-electron chi connectivity index (χ0n) is 15.3. The predicted molar refractivity (Wildman–Crippen MR) is 100.0 cm³/mol. The molecule has 1 N–H and O–H groups in total. The molecule has 25 heavy (non-hydrogen) atoms. The van der Waals surface area contributed by atoms with E-state index in [9.17, 15) is 9.18 Å². The third-order valence-corrected chi connectivity index (χ3v) is 4.16. The zero-order valence-corrected chi connectivity index (χ0v) is 15.3. The van der Waals surface area contributed by atoms with Crippen LogP contribution in [0.4, 0.5) is 4.39 Å². The van der Waals surface area contributed by atoms with Crippen LogP contribution in [0.25, 0.3) is 0 Å². The molecule has 134 valence electrons. The van der Waals surface area contributed by atoms with Crippen molar-refractivity contribution in [2.75, 3.05) is 20.1 Å². The maximum atomic E-state index is 12.9. The summed E-state index contributed by atoms with van der Waals surface area (Å²) in [6.45, 7) is 5.92. The van der Waals surface area contributed by atoms with E-state index in [-0.39, 0.29) is 11.7 Å². The number of halogens is 1. The smallest absolute Gasteiger partial charge is 0.234 e. The molecule has 1 amide bonds. The Morgan fingerprint density at radius 2 is 1.64 bits per heavy atom. The van der Waals surface area contributed by atoms with Crippen molar-refractivity contribution in [3.8, 4) is 0 Å². The van der Waals surface area contributed by atoms with Crippen LogP contribution >= 0.6 is 0 Å². The van der Waals surface area contributed by atoms with E-state index >= 15 is 0 Å². The van der Waals surface area contributed by atoms with Gasteiger partial charge in [0.1, 0.15) is 5.82 Å². The molecule has 2 rings (SSSR count). The summed E-state index contributed by atoms with van der Waals surface area (Å²) in [7, 11) is 1.88. The van der Waals surface area contributed by atoms with Gasteiger partial charge in [-0.2, -0.15) is 0 Å². The number of nitrogens with one attached hydrogen (secondary N) is 1. The van der Waals surface area contributed by atoms with Gasteiger partial charge in [0.05, 0.1) is 6.54 Å². The topological polar surface area (TPSA) is 32.3 Å². The Kier molecular flexibility index (Phi) is 7.14. The number of rotatable bonds is 8. The second-order valence-electron chi connectivity index (χ2n) is 6.79. The van der Waals surface area contributed by atoms with Crippen LogP contribution in [-0.4, -0.2) is 30.9 Å². The molecule has 4 heteroatoms. The van der Waals surface area contributed by atoms with E-state index in [2.05, 4.69) is 43.4 Å². The number of carbonyl (C=O) groups excluding carboxylic acids is 1. The molecule has 0 aliphatic carbocycles. The second kappa shape index (κ2) is 9.33. The molecule has 3 nitrogen and oxygen atoms in total. The first kappa shape index (κ1) is 19.1. The Balaban J connectivity index is 1.70. The maximum Gasteiger partial charge on any atom is 0.234 e. The highest BCUT2D eigenvalue weighted by atomic mass is 19.1. The van der Waals surface area contributed by atoms with Gasteiger partial charge in [-0.05, 0) is 48.2 Å². The molecule has 2 aromatic rings. The molecule has 2 aromatic carbocycles. The van der Waals surface area contributed by atoms with E-state index in [0.717, 1.165) is 12.0 Å². The molecule has 0 fully saturated rings. The van der Waals surface area contributed by atoms with Crippen LogP contribution in [0.1, 0.15) is 36.5 Å². The number of carbonyl (C=O) groups is 1. The lowest BCUT2D eigenvalue weighted by Crippen LogP contribution is -2.35. The highest BCUT2D eigenvalue weighted by Crippen LogP contribution is 2.14. The molecule has 0 aliphatic rings. The van der Waals surface area contributed by atoms with Crippen LogP contribution < -0.4 is 5.32 Å². The molecule has 0 saturated carbocycles. The molecule has 0 aromatic heterocycles. The van der Waals surface area contributed by atoms with Crippen molar-refractivity contribution < 1.29 is 9.18 Å². The standard InChI is InChI=1S/C21H27FN2O/c1-16(2)19-8-4-17(5-9-19)12-13-23-21(25)15-24(3)14-18-6-10-20(22)11-7-18/h4-11,16H,12-15H2,1-3H3,(H,23,25). The van der Waals surface area contributed by atoms with Crippen molar-refractivity contribution in [1.82, 2.24) is 10.2 Å². The molecule has 0 atom stereocenters. The lowest BCUT2D eigenvalue weighted by atomic mass is 10.0. The summed E-state index contributed by atoms with van der Waals surface area (Å²) in [5, 5.41) is 2.95. The Labute approximate surface area is 149 Å². The minimum Gasteiger partial charge on any atom is -0.355 e. The first-order valence-corrected chi connectivity index (χ1v) is 8.72. The van der Waals surface area contributed by atoms with Crippen LogP contribution in [0.3, 0.4) is 0 Å². The van der Waals surface area contributed by atoms with Gasteiger partial charge in [0.2, 0.25) is 5.91 Å². The summed E-state index contributed by atoms with van der Waals surface area (Å²) in [4.78, 5) is 13.9. The van der Waals surface area contributed by atoms with Crippen molar-refractivity contribution in [1.29, 1.82) is 0 Å². The fraction of sp³-hybridized carbons (Fsp3) is 0.381. The molecule has 0 aliphatic heterocycles. The summed E-state index contributed by atoms with van der Waals surface area (Å²) in [6, 6.07) is 14.9. The lowest BCUT2D eigenvalue weighted by molar-refractivity contribution is -0.122. The largest absolute Gasteiger partial charge is 0.355 e. The molecular weight excluding hydrogens is 315 g/mol. The quantitative estimate of drug-likeness (QED) is 0.793. The van der Waals surface area contributed by atoms with Crippen LogP contribution in [0, 0.1) is 5.82 Å². The molecule has 0 bridgehead atoms. The maximum absolute atomic E-state index is 12.9. The molecule has 0 heterocycles. The summed E-state index contributed by atoms with van der Waals surface area (Å²) in [5.74, 6) is 0.291. The molecular formula is C21H27FN2O. The van der Waals surface area contributed by atoms with Gasteiger partial charge in [0.15, 0.2) is 0 Å². The number of nitrogens with zero attached hydrogens (tertiary/aromatic N) is 1. The molecule has 0 unspecified atom stereocenters. The van der Waals surface area contributed by atoms with Gasteiger partial charge in [0.25, 0.3) is 0 Å². The monoisotopic (exact) mass is 342 g/mol. The Morgan fingerprint density at radius 3 is 2.24 bits per heavy atom. The fourth-order valence-corrected chi connectivity index (χ4v) is 2.67. The first-order valence-electron chi connectivity index (χ1n) is 8.72. The molecule has 0 radical (unpaired) electrons. The summed E-state index contributed by atoms with van der Waals surface area (Å²) >= 11 is 0. The van der Waals surface area contributed by atoms with E-state index in [1.165, 1.54) is 23.3 Å².